The Morgan fingerprint density at radius 2 is 1.93 bits per heavy atom. The average molecular weight is 637 g/mol. The summed E-state index contributed by atoms with van der Waals surface area (Å²) in [5, 5.41) is 6.58. The highest BCUT2D eigenvalue weighted by molar-refractivity contribution is 5.99. The van der Waals surface area contributed by atoms with Gasteiger partial charge in [0.25, 0.3) is 11.8 Å². The molecule has 15 heteroatoms. The molecular formula is C30H38F2N4O9. The summed E-state index contributed by atoms with van der Waals surface area (Å²) in [4.78, 5) is 60.4. The van der Waals surface area contributed by atoms with Crippen molar-refractivity contribution in [2.24, 2.45) is 5.16 Å². The summed E-state index contributed by atoms with van der Waals surface area (Å²) in [5.41, 5.74) is -0.915. The SMILES string of the molecule is CO[C@H](C)COC(=O)OCOc1c2n(cc(C(=O)NCc3ccc(F)cc3F)c1=O)[C@@H]1CN(C2=O)[C@@H](C)CC[C@H]1ON=C(C)C.[HH]. The zero-order valence-corrected chi connectivity index (χ0v) is 25.6. The molecule has 0 saturated carbocycles. The Hall–Kier alpha value is -4.53. The van der Waals surface area contributed by atoms with E-state index in [1.807, 2.05) is 6.92 Å². The lowest BCUT2D eigenvalue weighted by Crippen LogP contribution is -2.49. The number of carbonyl (C=O) groups excluding carboxylic acids is 3. The molecule has 1 aromatic heterocycles. The topological polar surface area (TPSA) is 147 Å². The number of methoxy groups -OCH3 is 1. The van der Waals surface area contributed by atoms with E-state index in [4.69, 9.17) is 23.8 Å². The summed E-state index contributed by atoms with van der Waals surface area (Å²) in [6.07, 6.45) is 0.257. The minimum absolute atomic E-state index is 0. The molecule has 4 atom stereocenters. The molecule has 0 unspecified atom stereocenters. The van der Waals surface area contributed by atoms with E-state index in [0.717, 1.165) is 6.07 Å². The van der Waals surface area contributed by atoms with E-state index in [1.54, 1.807) is 25.7 Å². The first kappa shape index (κ1) is 33.4. The number of rotatable bonds is 11. The lowest BCUT2D eigenvalue weighted by Gasteiger charge is -2.38. The van der Waals surface area contributed by atoms with Gasteiger partial charge in [-0.15, -0.1) is 0 Å². The van der Waals surface area contributed by atoms with Crippen LogP contribution in [-0.4, -0.2) is 78.5 Å². The molecule has 2 aromatic rings. The second-order valence-electron chi connectivity index (χ2n) is 11.0. The monoisotopic (exact) mass is 636 g/mol. The van der Waals surface area contributed by atoms with Crippen molar-refractivity contribution in [3.63, 3.8) is 0 Å². The van der Waals surface area contributed by atoms with Gasteiger partial charge in [-0.2, -0.15) is 0 Å². The van der Waals surface area contributed by atoms with Crippen molar-refractivity contribution >= 4 is 23.7 Å². The van der Waals surface area contributed by atoms with Gasteiger partial charge in [0, 0.05) is 45.5 Å². The number of pyridine rings is 1. The van der Waals surface area contributed by atoms with Crippen LogP contribution < -0.4 is 15.5 Å². The molecule has 1 saturated heterocycles. The quantitative estimate of drug-likeness (QED) is 0.168. The number of ether oxygens (including phenoxy) is 4. The van der Waals surface area contributed by atoms with E-state index in [-0.39, 0.29) is 38.4 Å². The standard InChI is InChI=1S/C30H36F2N4O9.H2/c1-16(2)34-45-24-9-6-17(3)35-13-23(24)36-12-21(28(38)33-11-19-7-8-20(31)10-22(19)32)26(37)27(25(36)29(35)39)43-15-44-30(40)42-14-18(4)41-5;/h7-8,10,12,17-18,23-24H,6,9,11,13-15H2,1-5H3,(H,33,38);1H/t17-,18+,23+,24+;/m0./s1. The summed E-state index contributed by atoms with van der Waals surface area (Å²) >= 11 is 0. The maximum absolute atomic E-state index is 14.2. The first-order chi connectivity index (χ1) is 21.4. The van der Waals surface area contributed by atoms with Crippen LogP contribution >= 0.6 is 0 Å². The van der Waals surface area contributed by atoms with Crippen LogP contribution in [0, 0.1) is 11.6 Å². The zero-order chi connectivity index (χ0) is 32.8. The van der Waals surface area contributed by atoms with Gasteiger partial charge < -0.3 is 38.6 Å². The third kappa shape index (κ3) is 7.77. The lowest BCUT2D eigenvalue weighted by atomic mass is 10.0. The normalized spacial score (nSPS) is 19.5. The number of hydrogen-bond donors (Lipinski definition) is 1. The van der Waals surface area contributed by atoms with Crippen LogP contribution in [0.5, 0.6) is 5.75 Å². The number of amides is 2. The van der Waals surface area contributed by atoms with Gasteiger partial charge >= 0.3 is 6.16 Å². The van der Waals surface area contributed by atoms with Gasteiger partial charge in [-0.3, -0.25) is 14.4 Å². The Labute approximate surface area is 259 Å². The molecule has 1 aromatic carbocycles. The molecule has 0 spiro atoms. The molecule has 2 aliphatic rings. The second-order valence-corrected chi connectivity index (χ2v) is 11.0. The summed E-state index contributed by atoms with van der Waals surface area (Å²) < 4.78 is 49.5. The molecule has 246 valence electrons. The fraction of sp³-hybridized carbons (Fsp3) is 0.500. The predicted molar refractivity (Wildman–Crippen MR) is 157 cm³/mol. The number of aromatic nitrogens is 1. The molecule has 2 amide bonds. The largest absolute Gasteiger partial charge is 0.511 e. The first-order valence-corrected chi connectivity index (χ1v) is 14.4. The second kappa shape index (κ2) is 14.5. The van der Waals surface area contributed by atoms with E-state index >= 15 is 0 Å². The van der Waals surface area contributed by atoms with Crippen molar-refractivity contribution in [1.29, 1.82) is 0 Å². The van der Waals surface area contributed by atoms with E-state index in [2.05, 4.69) is 10.5 Å². The Morgan fingerprint density at radius 3 is 2.62 bits per heavy atom. The summed E-state index contributed by atoms with van der Waals surface area (Å²) in [7, 11) is 1.44. The van der Waals surface area contributed by atoms with E-state index in [1.165, 1.54) is 23.9 Å². The lowest BCUT2D eigenvalue weighted by molar-refractivity contribution is -0.0201. The molecule has 3 heterocycles. The third-order valence-electron chi connectivity index (χ3n) is 7.52. The first-order valence-electron chi connectivity index (χ1n) is 14.4. The van der Waals surface area contributed by atoms with Gasteiger partial charge in [0.1, 0.15) is 29.9 Å². The fourth-order valence-electron chi connectivity index (χ4n) is 4.98. The number of hydrogen-bond acceptors (Lipinski definition) is 10. The number of oxime groups is 1. The van der Waals surface area contributed by atoms with Crippen LogP contribution in [0.2, 0.25) is 0 Å². The molecule has 0 radical (unpaired) electrons. The van der Waals surface area contributed by atoms with Crippen molar-refractivity contribution in [3.05, 3.63) is 63.1 Å². The number of nitrogens with one attached hydrogen (secondary N) is 1. The maximum Gasteiger partial charge on any atom is 0.511 e. The van der Waals surface area contributed by atoms with Crippen LogP contribution in [0.15, 0.2) is 34.3 Å². The number of benzene rings is 1. The van der Waals surface area contributed by atoms with Gasteiger partial charge in [-0.25, -0.2) is 13.6 Å². The third-order valence-corrected chi connectivity index (χ3v) is 7.52. The van der Waals surface area contributed by atoms with Crippen molar-refractivity contribution in [3.8, 4) is 5.75 Å². The smallest absolute Gasteiger partial charge is 0.451 e. The summed E-state index contributed by atoms with van der Waals surface area (Å²) in [5.74, 6) is -3.63. The average Bonchev–Trinajstić information content (AvgIpc) is 3.14. The fourth-order valence-corrected chi connectivity index (χ4v) is 4.98. The van der Waals surface area contributed by atoms with Crippen molar-refractivity contribution in [1.82, 2.24) is 14.8 Å². The molecule has 2 bridgehead atoms. The van der Waals surface area contributed by atoms with Gasteiger partial charge in [0.2, 0.25) is 18.0 Å². The molecule has 1 N–H and O–H groups in total. The van der Waals surface area contributed by atoms with Gasteiger partial charge in [-0.05, 0) is 46.6 Å². The van der Waals surface area contributed by atoms with Crippen LogP contribution in [0.3, 0.4) is 0 Å². The Kier molecular flexibility index (Phi) is 10.8. The highest BCUT2D eigenvalue weighted by Gasteiger charge is 2.44. The molecule has 0 aliphatic carbocycles. The Balaban J connectivity index is 0.00000576. The zero-order valence-electron chi connectivity index (χ0n) is 25.6. The summed E-state index contributed by atoms with van der Waals surface area (Å²) in [6.45, 7) is 5.98. The van der Waals surface area contributed by atoms with Crippen molar-refractivity contribution in [2.75, 3.05) is 27.1 Å². The van der Waals surface area contributed by atoms with Gasteiger partial charge in [-0.1, -0.05) is 11.2 Å². The molecular weight excluding hydrogens is 598 g/mol. The Morgan fingerprint density at radius 1 is 1.18 bits per heavy atom. The number of nitrogens with zero attached hydrogens (tertiary/aromatic N) is 3. The highest BCUT2D eigenvalue weighted by atomic mass is 19.1. The van der Waals surface area contributed by atoms with Crippen molar-refractivity contribution < 1.29 is 48.4 Å². The van der Waals surface area contributed by atoms with Crippen LogP contribution in [0.4, 0.5) is 13.6 Å². The van der Waals surface area contributed by atoms with Crippen LogP contribution in [0.1, 0.15) is 74.4 Å². The summed E-state index contributed by atoms with van der Waals surface area (Å²) in [6, 6.07) is 2.07. The minimum atomic E-state index is -1.11. The Bertz CT molecular complexity index is 1530. The van der Waals surface area contributed by atoms with E-state index < -0.39 is 71.4 Å². The van der Waals surface area contributed by atoms with Crippen molar-refractivity contribution in [2.45, 2.75) is 71.4 Å². The molecule has 1 fully saturated rings. The maximum atomic E-state index is 14.2. The number of carbonyl (C=O) groups is 3. The molecule has 4 rings (SSSR count). The van der Waals surface area contributed by atoms with E-state index in [9.17, 15) is 28.0 Å². The number of halogens is 2. The minimum Gasteiger partial charge on any atom is -0.451 e. The molecule has 45 heavy (non-hydrogen) atoms. The van der Waals surface area contributed by atoms with Crippen LogP contribution in [-0.2, 0) is 25.6 Å². The number of fused-ring (bicyclic) bond motifs is 4. The van der Waals surface area contributed by atoms with E-state index in [0.29, 0.717) is 24.6 Å². The highest BCUT2D eigenvalue weighted by Crippen LogP contribution is 2.36. The van der Waals surface area contributed by atoms with Crippen LogP contribution in [0.25, 0.3) is 0 Å². The van der Waals surface area contributed by atoms with Gasteiger partial charge in [0.05, 0.1) is 17.9 Å². The molecule has 13 nitrogen and oxygen atoms in total. The predicted octanol–water partition coefficient (Wildman–Crippen LogP) is 3.79. The molecule has 2 aliphatic heterocycles. The van der Waals surface area contributed by atoms with Gasteiger partial charge in [0.15, 0.2) is 5.69 Å².